The SMILES string of the molecule is Cc1cccc(OCCCC(=O)NC2CCN(CC(N)=O)CC2)c1. The number of ether oxygens (including phenoxy) is 1. The van der Waals surface area contributed by atoms with Crippen LogP contribution in [0.25, 0.3) is 0 Å². The van der Waals surface area contributed by atoms with Crippen LogP contribution < -0.4 is 15.8 Å². The molecule has 1 aromatic rings. The van der Waals surface area contributed by atoms with Crippen LogP contribution in [0.2, 0.25) is 0 Å². The van der Waals surface area contributed by atoms with Crippen molar-refractivity contribution >= 4 is 11.8 Å². The van der Waals surface area contributed by atoms with E-state index in [1.54, 1.807) is 0 Å². The van der Waals surface area contributed by atoms with Gasteiger partial charge in [0.25, 0.3) is 0 Å². The third-order valence-electron chi connectivity index (χ3n) is 4.14. The average Bonchev–Trinajstić information content (AvgIpc) is 2.53. The van der Waals surface area contributed by atoms with Crippen molar-refractivity contribution in [3.8, 4) is 5.75 Å². The van der Waals surface area contributed by atoms with Gasteiger partial charge < -0.3 is 15.8 Å². The molecule has 1 saturated heterocycles. The van der Waals surface area contributed by atoms with E-state index < -0.39 is 0 Å². The zero-order chi connectivity index (χ0) is 17.4. The fourth-order valence-corrected chi connectivity index (χ4v) is 2.88. The number of likely N-dealkylation sites (tertiary alicyclic amines) is 1. The van der Waals surface area contributed by atoms with E-state index in [1.807, 2.05) is 36.1 Å². The molecule has 0 atom stereocenters. The minimum Gasteiger partial charge on any atom is -0.494 e. The van der Waals surface area contributed by atoms with Crippen LogP contribution >= 0.6 is 0 Å². The van der Waals surface area contributed by atoms with E-state index in [2.05, 4.69) is 5.32 Å². The van der Waals surface area contributed by atoms with Crippen molar-refractivity contribution in [1.29, 1.82) is 0 Å². The van der Waals surface area contributed by atoms with Crippen LogP contribution in [-0.2, 0) is 9.59 Å². The summed E-state index contributed by atoms with van der Waals surface area (Å²) in [5, 5.41) is 3.06. The Morgan fingerprint density at radius 3 is 2.75 bits per heavy atom. The number of nitrogens with two attached hydrogens (primary N) is 1. The molecular weight excluding hydrogens is 306 g/mol. The van der Waals surface area contributed by atoms with Gasteiger partial charge in [-0.3, -0.25) is 14.5 Å². The van der Waals surface area contributed by atoms with Crippen molar-refractivity contribution in [2.24, 2.45) is 5.73 Å². The van der Waals surface area contributed by atoms with Crippen molar-refractivity contribution in [2.45, 2.75) is 38.6 Å². The van der Waals surface area contributed by atoms with E-state index in [4.69, 9.17) is 10.5 Å². The smallest absolute Gasteiger partial charge is 0.231 e. The van der Waals surface area contributed by atoms with Crippen molar-refractivity contribution in [3.63, 3.8) is 0 Å². The molecule has 24 heavy (non-hydrogen) atoms. The second-order valence-electron chi connectivity index (χ2n) is 6.35. The van der Waals surface area contributed by atoms with Gasteiger partial charge in [-0.2, -0.15) is 0 Å². The van der Waals surface area contributed by atoms with E-state index >= 15 is 0 Å². The average molecular weight is 333 g/mol. The Bertz CT molecular complexity index is 554. The molecule has 0 radical (unpaired) electrons. The Hall–Kier alpha value is -2.08. The normalized spacial score (nSPS) is 15.9. The second kappa shape index (κ2) is 9.27. The highest BCUT2D eigenvalue weighted by Crippen LogP contribution is 2.13. The van der Waals surface area contributed by atoms with Gasteiger partial charge in [-0.25, -0.2) is 0 Å². The van der Waals surface area contributed by atoms with Gasteiger partial charge >= 0.3 is 0 Å². The monoisotopic (exact) mass is 333 g/mol. The third kappa shape index (κ3) is 6.58. The lowest BCUT2D eigenvalue weighted by Crippen LogP contribution is -2.46. The maximum atomic E-state index is 12.0. The molecule has 0 spiro atoms. The topological polar surface area (TPSA) is 84.7 Å². The lowest BCUT2D eigenvalue weighted by atomic mass is 10.0. The summed E-state index contributed by atoms with van der Waals surface area (Å²) >= 11 is 0. The first-order chi connectivity index (χ1) is 11.5. The van der Waals surface area contributed by atoms with Gasteiger partial charge in [0, 0.05) is 25.6 Å². The summed E-state index contributed by atoms with van der Waals surface area (Å²) in [6, 6.07) is 8.09. The van der Waals surface area contributed by atoms with Crippen molar-refractivity contribution in [3.05, 3.63) is 29.8 Å². The number of aryl methyl sites for hydroxylation is 1. The Morgan fingerprint density at radius 2 is 2.08 bits per heavy atom. The molecule has 3 N–H and O–H groups in total. The number of primary amides is 1. The Balaban J connectivity index is 1.58. The molecule has 0 unspecified atom stereocenters. The van der Waals surface area contributed by atoms with E-state index in [1.165, 1.54) is 0 Å². The summed E-state index contributed by atoms with van der Waals surface area (Å²) in [6.07, 6.45) is 2.88. The lowest BCUT2D eigenvalue weighted by molar-refractivity contribution is -0.123. The van der Waals surface area contributed by atoms with Gasteiger partial charge in [0.05, 0.1) is 13.2 Å². The van der Waals surface area contributed by atoms with Crippen LogP contribution in [0.5, 0.6) is 5.75 Å². The molecule has 1 heterocycles. The molecule has 0 aromatic heterocycles. The first kappa shape index (κ1) is 18.3. The largest absolute Gasteiger partial charge is 0.494 e. The molecule has 2 amide bonds. The molecule has 1 fully saturated rings. The van der Waals surface area contributed by atoms with Crippen molar-refractivity contribution < 1.29 is 14.3 Å². The van der Waals surface area contributed by atoms with Gasteiger partial charge in [0.2, 0.25) is 11.8 Å². The molecule has 2 rings (SSSR count). The Kier molecular flexibility index (Phi) is 7.06. The minimum atomic E-state index is -0.300. The van der Waals surface area contributed by atoms with Gasteiger partial charge in [0.15, 0.2) is 0 Å². The van der Waals surface area contributed by atoms with E-state index in [0.29, 0.717) is 26.0 Å². The molecule has 132 valence electrons. The number of amides is 2. The number of carbonyl (C=O) groups is 2. The predicted molar refractivity (Wildman–Crippen MR) is 92.7 cm³/mol. The van der Waals surface area contributed by atoms with E-state index in [-0.39, 0.29) is 17.9 Å². The third-order valence-corrected chi connectivity index (χ3v) is 4.14. The summed E-state index contributed by atoms with van der Waals surface area (Å²) in [5.41, 5.74) is 6.35. The molecule has 1 aliphatic heterocycles. The highest BCUT2D eigenvalue weighted by Gasteiger charge is 2.21. The van der Waals surface area contributed by atoms with Crippen LogP contribution in [-0.4, -0.2) is 49.0 Å². The van der Waals surface area contributed by atoms with Gasteiger partial charge in [-0.05, 0) is 43.9 Å². The Morgan fingerprint density at radius 1 is 1.33 bits per heavy atom. The molecule has 6 nitrogen and oxygen atoms in total. The number of hydrogen-bond donors (Lipinski definition) is 2. The molecule has 0 aliphatic carbocycles. The number of carbonyl (C=O) groups excluding carboxylic acids is 2. The number of hydrogen-bond acceptors (Lipinski definition) is 4. The molecule has 0 bridgehead atoms. The number of nitrogens with zero attached hydrogens (tertiary/aromatic N) is 1. The van der Waals surface area contributed by atoms with Crippen molar-refractivity contribution in [2.75, 3.05) is 26.2 Å². The number of nitrogens with one attached hydrogen (secondary N) is 1. The van der Waals surface area contributed by atoms with Crippen LogP contribution in [0.3, 0.4) is 0 Å². The zero-order valence-corrected chi connectivity index (χ0v) is 14.3. The first-order valence-electron chi connectivity index (χ1n) is 8.52. The maximum absolute atomic E-state index is 12.0. The summed E-state index contributed by atoms with van der Waals surface area (Å²) in [5.74, 6) is 0.611. The van der Waals surface area contributed by atoms with Crippen LogP contribution in [0, 0.1) is 6.92 Å². The summed E-state index contributed by atoms with van der Waals surface area (Å²) in [7, 11) is 0. The standard InChI is InChI=1S/C18H27N3O3/c1-14-4-2-5-16(12-14)24-11-3-6-18(23)20-15-7-9-21(10-8-15)13-17(19)22/h2,4-5,12,15H,3,6-11,13H2,1H3,(H2,19,22)(H,20,23). The molecule has 0 saturated carbocycles. The first-order valence-corrected chi connectivity index (χ1v) is 8.52. The van der Waals surface area contributed by atoms with Crippen LogP contribution in [0.4, 0.5) is 0 Å². The fourth-order valence-electron chi connectivity index (χ4n) is 2.88. The quantitative estimate of drug-likeness (QED) is 0.701. The zero-order valence-electron chi connectivity index (χ0n) is 14.3. The van der Waals surface area contributed by atoms with Crippen LogP contribution in [0.15, 0.2) is 24.3 Å². The molecular formula is C18H27N3O3. The number of rotatable bonds is 8. The minimum absolute atomic E-state index is 0.0659. The van der Waals surface area contributed by atoms with E-state index in [9.17, 15) is 9.59 Å². The van der Waals surface area contributed by atoms with E-state index in [0.717, 1.165) is 37.2 Å². The fraction of sp³-hybridized carbons (Fsp3) is 0.556. The summed E-state index contributed by atoms with van der Waals surface area (Å²) < 4.78 is 5.65. The lowest BCUT2D eigenvalue weighted by Gasteiger charge is -2.31. The predicted octanol–water partition coefficient (Wildman–Crippen LogP) is 1.22. The highest BCUT2D eigenvalue weighted by molar-refractivity contribution is 5.76. The molecule has 6 heteroatoms. The molecule has 1 aliphatic rings. The number of piperidine rings is 1. The van der Waals surface area contributed by atoms with Crippen molar-refractivity contribution in [1.82, 2.24) is 10.2 Å². The summed E-state index contributed by atoms with van der Waals surface area (Å²) in [6.45, 7) is 4.45. The van der Waals surface area contributed by atoms with Crippen LogP contribution in [0.1, 0.15) is 31.2 Å². The summed E-state index contributed by atoms with van der Waals surface area (Å²) in [4.78, 5) is 24.9. The highest BCUT2D eigenvalue weighted by atomic mass is 16.5. The molecule has 1 aromatic carbocycles. The number of benzene rings is 1. The Labute approximate surface area is 143 Å². The maximum Gasteiger partial charge on any atom is 0.231 e. The second-order valence-corrected chi connectivity index (χ2v) is 6.35. The van der Waals surface area contributed by atoms with Gasteiger partial charge in [0.1, 0.15) is 5.75 Å². The van der Waals surface area contributed by atoms with Gasteiger partial charge in [-0.15, -0.1) is 0 Å². The van der Waals surface area contributed by atoms with Gasteiger partial charge in [-0.1, -0.05) is 12.1 Å².